The minimum atomic E-state index is -1.25. The van der Waals surface area contributed by atoms with Crippen LogP contribution in [0.4, 0.5) is 0 Å². The van der Waals surface area contributed by atoms with Crippen LogP contribution in [0.1, 0.15) is 13.8 Å². The molecule has 1 unspecified atom stereocenters. The molecule has 0 aromatic heterocycles. The van der Waals surface area contributed by atoms with Crippen LogP contribution in [0.2, 0.25) is 0 Å². The van der Waals surface area contributed by atoms with Gasteiger partial charge in [-0.15, -0.1) is 11.6 Å². The fourth-order valence-corrected chi connectivity index (χ4v) is 1.22. The summed E-state index contributed by atoms with van der Waals surface area (Å²) in [5, 5.41) is 0. The Morgan fingerprint density at radius 1 is 1.46 bits per heavy atom. The Labute approximate surface area is 93.4 Å². The predicted octanol–water partition coefficient (Wildman–Crippen LogP) is 2.80. The fraction of sp³-hybridized carbons (Fsp3) is 1.00. The van der Waals surface area contributed by atoms with Crippen molar-refractivity contribution in [3.63, 3.8) is 0 Å². The molecule has 1 rings (SSSR count). The first kappa shape index (κ1) is 11.9. The molecule has 1 heterocycles. The van der Waals surface area contributed by atoms with Crippen molar-refractivity contribution in [3.8, 4) is 0 Å². The topological polar surface area (TPSA) is 21.8 Å². The maximum absolute atomic E-state index is 6.00. The summed E-state index contributed by atoms with van der Waals surface area (Å²) in [5.74, 6) is 0.339. The Bertz CT molecular complexity index is 178. The molecule has 0 aliphatic carbocycles. The van der Waals surface area contributed by atoms with E-state index in [2.05, 4.69) is 0 Å². The molecule has 1 aliphatic rings. The second kappa shape index (κ2) is 4.11. The normalized spacial score (nSPS) is 23.3. The molecular formula is C8H13Cl3O2. The van der Waals surface area contributed by atoms with Crippen molar-refractivity contribution in [2.24, 2.45) is 5.41 Å². The van der Waals surface area contributed by atoms with Crippen molar-refractivity contribution in [2.45, 2.75) is 24.5 Å². The number of rotatable bonds is 5. The molecular weight excluding hydrogens is 234 g/mol. The van der Waals surface area contributed by atoms with Gasteiger partial charge in [0.05, 0.1) is 13.2 Å². The highest BCUT2D eigenvalue weighted by Crippen LogP contribution is 2.42. The van der Waals surface area contributed by atoms with E-state index in [9.17, 15) is 0 Å². The first-order valence-corrected chi connectivity index (χ1v) is 5.37. The van der Waals surface area contributed by atoms with Gasteiger partial charge in [0.15, 0.2) is 0 Å². The average molecular weight is 248 g/mol. The van der Waals surface area contributed by atoms with E-state index in [4.69, 9.17) is 44.3 Å². The van der Waals surface area contributed by atoms with Gasteiger partial charge < -0.3 is 9.47 Å². The summed E-state index contributed by atoms with van der Waals surface area (Å²) in [6, 6.07) is 0. The quantitative estimate of drug-likeness (QED) is 0.550. The lowest BCUT2D eigenvalue weighted by Gasteiger charge is -2.34. The Hall–Kier alpha value is 0.790. The first-order valence-electron chi connectivity index (χ1n) is 4.08. The van der Waals surface area contributed by atoms with Crippen molar-refractivity contribution < 1.29 is 9.47 Å². The zero-order valence-electron chi connectivity index (χ0n) is 7.65. The highest BCUT2D eigenvalue weighted by atomic mass is 35.5. The second-order valence-corrected chi connectivity index (χ2v) is 5.33. The van der Waals surface area contributed by atoms with Crippen LogP contribution in [-0.2, 0) is 9.47 Å². The molecule has 5 heteroatoms. The molecule has 0 amide bonds. The van der Waals surface area contributed by atoms with Gasteiger partial charge >= 0.3 is 0 Å². The largest absolute Gasteiger partial charge is 0.371 e. The van der Waals surface area contributed by atoms with Gasteiger partial charge in [-0.2, -0.15) is 0 Å². The SMILES string of the molecule is CC(C)(CCl)C(Cl)(Cl)OCC1CO1. The zero-order chi connectivity index (χ0) is 10.1. The minimum absolute atomic E-state index is 0.156. The number of alkyl halides is 3. The van der Waals surface area contributed by atoms with Gasteiger partial charge in [0.1, 0.15) is 6.10 Å². The van der Waals surface area contributed by atoms with Crippen LogP contribution in [-0.4, -0.2) is 29.7 Å². The Morgan fingerprint density at radius 2 is 2.00 bits per heavy atom. The lowest BCUT2D eigenvalue weighted by atomic mass is 9.97. The van der Waals surface area contributed by atoms with Gasteiger partial charge in [-0.25, -0.2) is 0 Å². The molecule has 2 nitrogen and oxygen atoms in total. The van der Waals surface area contributed by atoms with Crippen LogP contribution in [0.3, 0.4) is 0 Å². The van der Waals surface area contributed by atoms with Crippen molar-refractivity contribution in [1.29, 1.82) is 0 Å². The van der Waals surface area contributed by atoms with E-state index in [0.717, 1.165) is 6.61 Å². The smallest absolute Gasteiger partial charge is 0.223 e. The number of hydrogen-bond donors (Lipinski definition) is 0. The van der Waals surface area contributed by atoms with Crippen LogP contribution in [0.15, 0.2) is 0 Å². The number of ether oxygens (including phenoxy) is 2. The molecule has 1 atom stereocenters. The van der Waals surface area contributed by atoms with E-state index in [0.29, 0.717) is 12.5 Å². The Kier molecular flexibility index (Phi) is 3.75. The summed E-state index contributed by atoms with van der Waals surface area (Å²) in [4.78, 5) is 0. The van der Waals surface area contributed by atoms with Gasteiger partial charge in [-0.05, 0) is 0 Å². The van der Waals surface area contributed by atoms with E-state index in [1.165, 1.54) is 0 Å². The van der Waals surface area contributed by atoms with E-state index < -0.39 is 9.93 Å². The van der Waals surface area contributed by atoms with Crippen molar-refractivity contribution in [3.05, 3.63) is 0 Å². The minimum Gasteiger partial charge on any atom is -0.371 e. The molecule has 13 heavy (non-hydrogen) atoms. The van der Waals surface area contributed by atoms with Crippen molar-refractivity contribution >= 4 is 34.8 Å². The lowest BCUT2D eigenvalue weighted by Crippen LogP contribution is -2.39. The highest BCUT2D eigenvalue weighted by Gasteiger charge is 2.44. The molecule has 0 aromatic carbocycles. The molecule has 1 fully saturated rings. The van der Waals surface area contributed by atoms with E-state index >= 15 is 0 Å². The molecule has 0 spiro atoms. The third-order valence-electron chi connectivity index (χ3n) is 1.97. The Balaban J connectivity index is 2.41. The van der Waals surface area contributed by atoms with Gasteiger partial charge in [0.2, 0.25) is 4.52 Å². The summed E-state index contributed by atoms with van der Waals surface area (Å²) in [6.45, 7) is 4.86. The fourth-order valence-electron chi connectivity index (χ4n) is 0.635. The molecule has 1 aliphatic heterocycles. The van der Waals surface area contributed by atoms with Crippen molar-refractivity contribution in [1.82, 2.24) is 0 Å². The van der Waals surface area contributed by atoms with E-state index in [1.54, 1.807) is 0 Å². The van der Waals surface area contributed by atoms with E-state index in [1.807, 2.05) is 13.8 Å². The van der Waals surface area contributed by atoms with Crippen LogP contribution < -0.4 is 0 Å². The third kappa shape index (κ3) is 3.14. The lowest BCUT2D eigenvalue weighted by molar-refractivity contribution is 0.00103. The molecule has 0 N–H and O–H groups in total. The Morgan fingerprint density at radius 3 is 2.38 bits per heavy atom. The summed E-state index contributed by atoms with van der Waals surface area (Å²) in [7, 11) is 0. The van der Waals surface area contributed by atoms with Crippen LogP contribution in [0.25, 0.3) is 0 Å². The molecule has 0 radical (unpaired) electrons. The molecule has 78 valence electrons. The van der Waals surface area contributed by atoms with Gasteiger partial charge in [0.25, 0.3) is 0 Å². The highest BCUT2D eigenvalue weighted by molar-refractivity contribution is 6.48. The molecule has 0 aromatic rings. The molecule has 0 saturated carbocycles. The second-order valence-electron chi connectivity index (χ2n) is 3.80. The van der Waals surface area contributed by atoms with Crippen LogP contribution in [0.5, 0.6) is 0 Å². The van der Waals surface area contributed by atoms with Gasteiger partial charge in [-0.3, -0.25) is 0 Å². The number of hydrogen-bond acceptors (Lipinski definition) is 2. The van der Waals surface area contributed by atoms with Crippen LogP contribution >= 0.6 is 34.8 Å². The summed E-state index contributed by atoms with van der Waals surface area (Å²) in [5.41, 5.74) is -0.480. The number of epoxide rings is 1. The predicted molar refractivity (Wildman–Crippen MR) is 54.6 cm³/mol. The zero-order valence-corrected chi connectivity index (χ0v) is 9.92. The summed E-state index contributed by atoms with van der Waals surface area (Å²) < 4.78 is 9.06. The monoisotopic (exact) mass is 246 g/mol. The average Bonchev–Trinajstić information content (AvgIpc) is 2.83. The summed E-state index contributed by atoms with van der Waals surface area (Å²) >= 11 is 17.7. The van der Waals surface area contributed by atoms with Crippen LogP contribution in [0, 0.1) is 5.41 Å². The molecule has 1 saturated heterocycles. The maximum Gasteiger partial charge on any atom is 0.223 e. The molecule has 0 bridgehead atoms. The number of halogens is 3. The first-order chi connectivity index (χ1) is 5.89. The van der Waals surface area contributed by atoms with E-state index in [-0.39, 0.29) is 6.10 Å². The van der Waals surface area contributed by atoms with Gasteiger partial charge in [0, 0.05) is 11.3 Å². The maximum atomic E-state index is 6.00. The third-order valence-corrected chi connectivity index (χ3v) is 3.88. The standard InChI is InChI=1S/C8H13Cl3O2/c1-7(2,5-9)8(10,11)13-4-6-3-12-6/h6H,3-5H2,1-2H3. The summed E-state index contributed by atoms with van der Waals surface area (Å²) in [6.07, 6.45) is 0.156. The van der Waals surface area contributed by atoms with Gasteiger partial charge in [-0.1, -0.05) is 37.0 Å². The van der Waals surface area contributed by atoms with Crippen molar-refractivity contribution in [2.75, 3.05) is 19.1 Å².